The first-order valence-electron chi connectivity index (χ1n) is 9.42. The number of nitrogens with one attached hydrogen (secondary N) is 2. The summed E-state index contributed by atoms with van der Waals surface area (Å²) in [6.45, 7) is 0. The summed E-state index contributed by atoms with van der Waals surface area (Å²) in [6.07, 6.45) is 3.94. The van der Waals surface area contributed by atoms with E-state index in [2.05, 4.69) is 10.6 Å². The molecule has 2 aromatic carbocycles. The molecule has 1 aliphatic carbocycles. The SMILES string of the molecule is Nc1ccccc1NC(=O)c1ccc(C=C(C(=O)NC2CC2)c2cccs2)cc1. The van der Waals surface area contributed by atoms with Gasteiger partial charge in [0, 0.05) is 16.5 Å². The van der Waals surface area contributed by atoms with Crippen LogP contribution in [0.5, 0.6) is 0 Å². The third-order valence-electron chi connectivity index (χ3n) is 4.64. The highest BCUT2D eigenvalue weighted by atomic mass is 32.1. The molecule has 146 valence electrons. The maximum Gasteiger partial charge on any atom is 0.255 e. The van der Waals surface area contributed by atoms with E-state index in [0.717, 1.165) is 23.3 Å². The summed E-state index contributed by atoms with van der Waals surface area (Å²) in [7, 11) is 0. The minimum atomic E-state index is -0.233. The van der Waals surface area contributed by atoms with Gasteiger partial charge in [-0.1, -0.05) is 30.3 Å². The molecular formula is C23H21N3O2S. The van der Waals surface area contributed by atoms with Crippen LogP contribution in [0, 0.1) is 0 Å². The highest BCUT2D eigenvalue weighted by Crippen LogP contribution is 2.26. The number of hydrogen-bond donors (Lipinski definition) is 3. The van der Waals surface area contributed by atoms with Gasteiger partial charge in [-0.3, -0.25) is 9.59 Å². The lowest BCUT2D eigenvalue weighted by atomic mass is 10.1. The molecule has 1 heterocycles. The fraction of sp³-hybridized carbons (Fsp3) is 0.130. The van der Waals surface area contributed by atoms with E-state index in [0.29, 0.717) is 28.6 Å². The van der Waals surface area contributed by atoms with Crippen molar-refractivity contribution in [2.75, 3.05) is 11.1 Å². The average Bonchev–Trinajstić information content (AvgIpc) is 3.37. The Labute approximate surface area is 173 Å². The lowest BCUT2D eigenvalue weighted by molar-refractivity contribution is -0.115. The highest BCUT2D eigenvalue weighted by molar-refractivity contribution is 7.11. The zero-order valence-electron chi connectivity index (χ0n) is 15.7. The summed E-state index contributed by atoms with van der Waals surface area (Å²) < 4.78 is 0. The molecule has 1 saturated carbocycles. The van der Waals surface area contributed by atoms with Gasteiger partial charge < -0.3 is 16.4 Å². The molecule has 0 bridgehead atoms. The summed E-state index contributed by atoms with van der Waals surface area (Å²) in [5, 5.41) is 7.82. The molecule has 4 rings (SSSR count). The van der Waals surface area contributed by atoms with Gasteiger partial charge in [0.2, 0.25) is 0 Å². The van der Waals surface area contributed by atoms with Crippen LogP contribution < -0.4 is 16.4 Å². The number of carbonyl (C=O) groups excluding carboxylic acids is 2. The van der Waals surface area contributed by atoms with Crippen molar-refractivity contribution < 1.29 is 9.59 Å². The van der Waals surface area contributed by atoms with Crippen molar-refractivity contribution in [2.45, 2.75) is 18.9 Å². The van der Waals surface area contributed by atoms with E-state index in [4.69, 9.17) is 5.73 Å². The van der Waals surface area contributed by atoms with E-state index in [1.165, 1.54) is 11.3 Å². The van der Waals surface area contributed by atoms with E-state index in [-0.39, 0.29) is 11.8 Å². The molecule has 1 aliphatic rings. The van der Waals surface area contributed by atoms with Crippen LogP contribution in [0.3, 0.4) is 0 Å². The summed E-state index contributed by atoms with van der Waals surface area (Å²) in [5.74, 6) is -0.292. The number of nitrogens with two attached hydrogens (primary N) is 1. The Bertz CT molecular complexity index is 1050. The molecule has 29 heavy (non-hydrogen) atoms. The van der Waals surface area contributed by atoms with Crippen LogP contribution in [0.15, 0.2) is 66.0 Å². The van der Waals surface area contributed by atoms with E-state index < -0.39 is 0 Å². The molecule has 4 N–H and O–H groups in total. The topological polar surface area (TPSA) is 84.2 Å². The van der Waals surface area contributed by atoms with Gasteiger partial charge in [0.25, 0.3) is 11.8 Å². The molecule has 6 heteroatoms. The standard InChI is InChI=1S/C23H21N3O2S/c24-19-4-1-2-5-20(19)26-22(27)16-9-7-15(8-10-16)14-18(21-6-3-13-29-21)23(28)25-17-11-12-17/h1-10,13-14,17H,11-12,24H2,(H,25,28)(H,26,27). The van der Waals surface area contributed by atoms with E-state index in [1.807, 2.05) is 47.9 Å². The summed E-state index contributed by atoms with van der Waals surface area (Å²) in [4.78, 5) is 26.1. The Morgan fingerprint density at radius 1 is 1.00 bits per heavy atom. The summed E-state index contributed by atoms with van der Waals surface area (Å²) in [6, 6.07) is 18.4. The lowest BCUT2D eigenvalue weighted by Gasteiger charge is -2.09. The van der Waals surface area contributed by atoms with Crippen molar-refractivity contribution >= 4 is 46.2 Å². The molecule has 0 aliphatic heterocycles. The quantitative estimate of drug-likeness (QED) is 0.421. The molecular weight excluding hydrogens is 382 g/mol. The first-order valence-corrected chi connectivity index (χ1v) is 10.3. The number of thiophene rings is 1. The normalized spacial score (nSPS) is 13.7. The third-order valence-corrected chi connectivity index (χ3v) is 5.54. The molecule has 0 saturated heterocycles. The van der Waals surface area contributed by atoms with E-state index >= 15 is 0 Å². The molecule has 1 aromatic heterocycles. The second kappa shape index (κ2) is 8.32. The zero-order valence-corrected chi connectivity index (χ0v) is 16.5. The second-order valence-electron chi connectivity index (χ2n) is 6.95. The predicted octanol–water partition coefficient (Wildman–Crippen LogP) is 4.40. The van der Waals surface area contributed by atoms with Gasteiger partial charge >= 0.3 is 0 Å². The van der Waals surface area contributed by atoms with Crippen LogP contribution in [-0.4, -0.2) is 17.9 Å². The van der Waals surface area contributed by atoms with Crippen molar-refractivity contribution in [3.05, 3.63) is 82.0 Å². The molecule has 0 spiro atoms. The van der Waals surface area contributed by atoms with Gasteiger partial charge in [0.1, 0.15) is 0 Å². The average molecular weight is 404 g/mol. The predicted molar refractivity (Wildman–Crippen MR) is 119 cm³/mol. The Morgan fingerprint density at radius 2 is 1.76 bits per heavy atom. The van der Waals surface area contributed by atoms with Gasteiger partial charge in [0.15, 0.2) is 0 Å². The van der Waals surface area contributed by atoms with Crippen LogP contribution in [0.25, 0.3) is 11.6 Å². The van der Waals surface area contributed by atoms with Gasteiger partial charge in [-0.05, 0) is 60.2 Å². The van der Waals surface area contributed by atoms with Crippen molar-refractivity contribution in [1.29, 1.82) is 0 Å². The largest absolute Gasteiger partial charge is 0.397 e. The number of benzene rings is 2. The van der Waals surface area contributed by atoms with Gasteiger partial charge in [-0.2, -0.15) is 0 Å². The maximum atomic E-state index is 12.7. The third kappa shape index (κ3) is 4.73. The minimum Gasteiger partial charge on any atom is -0.397 e. The first-order chi connectivity index (χ1) is 14.1. The van der Waals surface area contributed by atoms with Crippen LogP contribution >= 0.6 is 11.3 Å². The highest BCUT2D eigenvalue weighted by Gasteiger charge is 2.25. The van der Waals surface area contributed by atoms with Crippen molar-refractivity contribution in [3.8, 4) is 0 Å². The Kier molecular flexibility index (Phi) is 5.44. The number of hydrogen-bond acceptors (Lipinski definition) is 4. The minimum absolute atomic E-state index is 0.0590. The smallest absolute Gasteiger partial charge is 0.255 e. The van der Waals surface area contributed by atoms with Crippen molar-refractivity contribution in [2.24, 2.45) is 0 Å². The molecule has 2 amide bonds. The van der Waals surface area contributed by atoms with Crippen LogP contribution in [0.1, 0.15) is 33.6 Å². The Balaban J connectivity index is 1.53. The van der Waals surface area contributed by atoms with Crippen LogP contribution in [0.2, 0.25) is 0 Å². The Hall–Kier alpha value is -3.38. The number of nitrogen functional groups attached to an aromatic ring is 1. The van der Waals surface area contributed by atoms with Gasteiger partial charge in [-0.25, -0.2) is 0 Å². The number of para-hydroxylation sites is 2. The summed E-state index contributed by atoms with van der Waals surface area (Å²) >= 11 is 1.53. The van der Waals surface area contributed by atoms with Crippen molar-refractivity contribution in [1.82, 2.24) is 5.32 Å². The van der Waals surface area contributed by atoms with Crippen LogP contribution in [-0.2, 0) is 4.79 Å². The molecule has 3 aromatic rings. The molecule has 0 unspecified atom stereocenters. The first kappa shape index (κ1) is 19.0. The number of rotatable bonds is 6. The van der Waals surface area contributed by atoms with E-state index in [1.54, 1.807) is 24.3 Å². The fourth-order valence-corrected chi connectivity index (χ4v) is 3.61. The van der Waals surface area contributed by atoms with Gasteiger partial charge in [-0.15, -0.1) is 11.3 Å². The molecule has 0 radical (unpaired) electrons. The van der Waals surface area contributed by atoms with Gasteiger partial charge in [0.05, 0.1) is 16.9 Å². The zero-order chi connectivity index (χ0) is 20.2. The molecule has 0 atom stereocenters. The number of amides is 2. The fourth-order valence-electron chi connectivity index (χ4n) is 2.87. The molecule has 1 fully saturated rings. The Morgan fingerprint density at radius 3 is 2.41 bits per heavy atom. The van der Waals surface area contributed by atoms with Crippen molar-refractivity contribution in [3.63, 3.8) is 0 Å². The number of anilines is 2. The van der Waals surface area contributed by atoms with Crippen LogP contribution in [0.4, 0.5) is 11.4 Å². The number of carbonyl (C=O) groups is 2. The van der Waals surface area contributed by atoms with E-state index in [9.17, 15) is 9.59 Å². The maximum absolute atomic E-state index is 12.7. The second-order valence-corrected chi connectivity index (χ2v) is 7.89. The monoisotopic (exact) mass is 403 g/mol. The lowest BCUT2D eigenvalue weighted by Crippen LogP contribution is -2.26. The molecule has 5 nitrogen and oxygen atoms in total. The summed E-state index contributed by atoms with van der Waals surface area (Å²) in [5.41, 5.74) is 8.99.